The number of benzene rings is 2. The highest BCUT2D eigenvalue weighted by Gasteiger charge is 2.35. The fourth-order valence-corrected chi connectivity index (χ4v) is 7.22. The number of nitrogens with zero attached hydrogens (tertiary/aromatic N) is 3. The molecule has 2 aromatic carbocycles. The van der Waals surface area contributed by atoms with Crippen LogP contribution < -0.4 is 10.1 Å². The molecule has 2 heterocycles. The van der Waals surface area contributed by atoms with Gasteiger partial charge in [0, 0.05) is 38.3 Å². The van der Waals surface area contributed by atoms with Gasteiger partial charge in [-0.05, 0) is 55.5 Å². The lowest BCUT2D eigenvalue weighted by Gasteiger charge is -2.35. The van der Waals surface area contributed by atoms with Crippen LogP contribution >= 0.6 is 0 Å². The van der Waals surface area contributed by atoms with Crippen LogP contribution in [0.2, 0.25) is 0 Å². The molecule has 0 aromatic heterocycles. The predicted octanol–water partition coefficient (Wildman–Crippen LogP) is 2.88. The predicted molar refractivity (Wildman–Crippen MR) is 147 cm³/mol. The molecule has 1 saturated heterocycles. The van der Waals surface area contributed by atoms with E-state index < -0.39 is 10.0 Å². The first-order valence-corrected chi connectivity index (χ1v) is 14.5. The number of rotatable bonds is 10. The van der Waals surface area contributed by atoms with Gasteiger partial charge in [0.15, 0.2) is 0 Å². The molecule has 1 atom stereocenters. The van der Waals surface area contributed by atoms with E-state index in [9.17, 15) is 13.2 Å². The number of amidine groups is 1. The Kier molecular flexibility index (Phi) is 9.07. The maximum atomic E-state index is 13.7. The van der Waals surface area contributed by atoms with E-state index in [1.54, 1.807) is 49.3 Å². The summed E-state index contributed by atoms with van der Waals surface area (Å²) in [6, 6.07) is 11.2. The van der Waals surface area contributed by atoms with Crippen LogP contribution in [-0.2, 0) is 26.1 Å². The third-order valence-electron chi connectivity index (χ3n) is 7.09. The van der Waals surface area contributed by atoms with Gasteiger partial charge < -0.3 is 19.7 Å². The molecular weight excluding hydrogens is 504 g/mol. The molecule has 206 valence electrons. The zero-order valence-corrected chi connectivity index (χ0v) is 23.5. The molecule has 1 N–H and O–H groups in total. The van der Waals surface area contributed by atoms with Crippen molar-refractivity contribution < 1.29 is 22.7 Å². The normalized spacial score (nSPS) is 18.1. The Morgan fingerprint density at radius 3 is 2.50 bits per heavy atom. The highest BCUT2D eigenvalue weighted by Crippen LogP contribution is 2.32. The third kappa shape index (κ3) is 6.36. The lowest BCUT2D eigenvalue weighted by Crippen LogP contribution is -2.46. The fourth-order valence-electron chi connectivity index (χ4n) is 5.12. The second kappa shape index (κ2) is 12.3. The number of aliphatic imine (C=N–C) groups is 1. The number of hydrogen-bond acceptors (Lipinski definition) is 7. The molecule has 10 heteroatoms. The van der Waals surface area contributed by atoms with Crippen molar-refractivity contribution in [3.05, 3.63) is 58.7 Å². The molecule has 1 fully saturated rings. The van der Waals surface area contributed by atoms with E-state index in [2.05, 4.69) is 10.3 Å². The molecule has 0 aliphatic carbocycles. The summed E-state index contributed by atoms with van der Waals surface area (Å²) >= 11 is 0. The van der Waals surface area contributed by atoms with E-state index in [4.69, 9.17) is 9.47 Å². The standard InChI is InChI=1S/C28H38N4O5S/c1-20-15-25(36-4)16-21(2)27(20)38(34,35)32-14-6-5-7-24(32)18-37-19-26(33)31(3)17-22-8-10-23(11-9-22)28-29-12-13-30-28/h8-11,15-16,24H,5-7,12-14,17-19H2,1-4H3,(H,29,30). The number of aryl methyl sites for hydroxylation is 2. The van der Waals surface area contributed by atoms with E-state index in [0.29, 0.717) is 41.3 Å². The zero-order valence-electron chi connectivity index (χ0n) is 22.7. The van der Waals surface area contributed by atoms with Crippen LogP contribution in [0.1, 0.15) is 41.5 Å². The number of sulfonamides is 1. The molecular formula is C28H38N4O5S. The second-order valence-electron chi connectivity index (χ2n) is 9.97. The maximum Gasteiger partial charge on any atom is 0.248 e. The van der Waals surface area contributed by atoms with Crippen LogP contribution in [0.4, 0.5) is 0 Å². The number of carbonyl (C=O) groups is 1. The molecule has 0 spiro atoms. The Bertz CT molecular complexity index is 1250. The van der Waals surface area contributed by atoms with Crippen molar-refractivity contribution >= 4 is 21.8 Å². The van der Waals surface area contributed by atoms with Gasteiger partial charge in [-0.3, -0.25) is 9.79 Å². The molecule has 1 unspecified atom stereocenters. The highest BCUT2D eigenvalue weighted by molar-refractivity contribution is 7.89. The van der Waals surface area contributed by atoms with Gasteiger partial charge in [-0.15, -0.1) is 0 Å². The topological polar surface area (TPSA) is 101 Å². The van der Waals surface area contributed by atoms with E-state index in [1.165, 1.54) is 0 Å². The van der Waals surface area contributed by atoms with E-state index in [1.807, 2.05) is 24.3 Å². The van der Waals surface area contributed by atoms with Gasteiger partial charge >= 0.3 is 0 Å². The highest BCUT2D eigenvalue weighted by atomic mass is 32.2. The number of amides is 1. The molecule has 4 rings (SSSR count). The number of likely N-dealkylation sites (N-methyl/N-ethyl adjacent to an activating group) is 1. The van der Waals surface area contributed by atoms with Crippen LogP contribution in [-0.4, -0.2) is 82.4 Å². The Hall–Kier alpha value is -2.95. The molecule has 9 nitrogen and oxygen atoms in total. The minimum atomic E-state index is -3.73. The summed E-state index contributed by atoms with van der Waals surface area (Å²) in [7, 11) is -0.412. The summed E-state index contributed by atoms with van der Waals surface area (Å²) in [5, 5.41) is 3.26. The Labute approximate surface area is 225 Å². The largest absolute Gasteiger partial charge is 0.497 e. The molecule has 2 aliphatic rings. The summed E-state index contributed by atoms with van der Waals surface area (Å²) in [5.74, 6) is 1.39. The Morgan fingerprint density at radius 2 is 1.87 bits per heavy atom. The Morgan fingerprint density at radius 1 is 1.16 bits per heavy atom. The van der Waals surface area contributed by atoms with Crippen molar-refractivity contribution in [3.8, 4) is 5.75 Å². The summed E-state index contributed by atoms with van der Waals surface area (Å²) in [6.45, 7) is 6.21. The lowest BCUT2D eigenvalue weighted by atomic mass is 10.1. The first-order chi connectivity index (χ1) is 18.2. The number of carbonyl (C=O) groups excluding carboxylic acids is 1. The van der Waals surface area contributed by atoms with Crippen molar-refractivity contribution in [1.29, 1.82) is 0 Å². The zero-order chi connectivity index (χ0) is 27.3. The third-order valence-corrected chi connectivity index (χ3v) is 9.35. The molecule has 1 amide bonds. The summed E-state index contributed by atoms with van der Waals surface area (Å²) in [6.07, 6.45) is 2.42. The van der Waals surface area contributed by atoms with Gasteiger partial charge in [-0.2, -0.15) is 4.31 Å². The number of methoxy groups -OCH3 is 1. The van der Waals surface area contributed by atoms with E-state index >= 15 is 0 Å². The Balaban J connectivity index is 1.34. The fraction of sp³-hybridized carbons (Fsp3) is 0.500. The maximum absolute atomic E-state index is 13.7. The van der Waals surface area contributed by atoms with Crippen molar-refractivity contribution in [2.45, 2.75) is 50.6 Å². The summed E-state index contributed by atoms with van der Waals surface area (Å²) in [5.41, 5.74) is 3.36. The van der Waals surface area contributed by atoms with E-state index in [-0.39, 0.29) is 25.2 Å². The van der Waals surface area contributed by atoms with Gasteiger partial charge in [-0.1, -0.05) is 30.7 Å². The minimum absolute atomic E-state index is 0.0969. The van der Waals surface area contributed by atoms with Crippen LogP contribution in [0.5, 0.6) is 5.75 Å². The summed E-state index contributed by atoms with van der Waals surface area (Å²) in [4.78, 5) is 19.1. The summed E-state index contributed by atoms with van der Waals surface area (Å²) < 4.78 is 40.0. The first-order valence-electron chi connectivity index (χ1n) is 13.1. The average molecular weight is 543 g/mol. The number of piperidine rings is 1. The molecule has 2 aliphatic heterocycles. The van der Waals surface area contributed by atoms with Crippen molar-refractivity contribution in [3.63, 3.8) is 0 Å². The van der Waals surface area contributed by atoms with Gasteiger partial charge in [0.1, 0.15) is 18.2 Å². The number of nitrogens with one attached hydrogen (secondary N) is 1. The molecule has 0 bridgehead atoms. The van der Waals surface area contributed by atoms with Gasteiger partial charge in [0.2, 0.25) is 15.9 Å². The molecule has 2 aromatic rings. The van der Waals surface area contributed by atoms with Gasteiger partial charge in [-0.25, -0.2) is 8.42 Å². The van der Waals surface area contributed by atoms with Crippen molar-refractivity contribution in [1.82, 2.24) is 14.5 Å². The minimum Gasteiger partial charge on any atom is -0.497 e. The lowest BCUT2D eigenvalue weighted by molar-refractivity contribution is -0.135. The van der Waals surface area contributed by atoms with Crippen molar-refractivity contribution in [2.24, 2.45) is 4.99 Å². The van der Waals surface area contributed by atoms with Crippen LogP contribution in [0.15, 0.2) is 46.3 Å². The smallest absolute Gasteiger partial charge is 0.248 e. The molecule has 0 saturated carbocycles. The van der Waals surface area contributed by atoms with Crippen LogP contribution in [0.25, 0.3) is 0 Å². The number of hydrogen-bond donors (Lipinski definition) is 1. The average Bonchev–Trinajstić information content (AvgIpc) is 3.44. The molecule has 0 radical (unpaired) electrons. The van der Waals surface area contributed by atoms with E-state index in [0.717, 1.165) is 42.9 Å². The monoisotopic (exact) mass is 542 g/mol. The van der Waals surface area contributed by atoms with Gasteiger partial charge in [0.25, 0.3) is 0 Å². The van der Waals surface area contributed by atoms with Crippen LogP contribution in [0, 0.1) is 13.8 Å². The van der Waals surface area contributed by atoms with Crippen LogP contribution in [0.3, 0.4) is 0 Å². The quantitative estimate of drug-likeness (QED) is 0.496. The second-order valence-corrected chi connectivity index (χ2v) is 11.8. The molecule has 38 heavy (non-hydrogen) atoms. The van der Waals surface area contributed by atoms with Gasteiger partial charge in [0.05, 0.1) is 25.2 Å². The SMILES string of the molecule is COc1cc(C)c(S(=O)(=O)N2CCCCC2COCC(=O)N(C)Cc2ccc(C3=NCCN3)cc2)c(C)c1. The first kappa shape index (κ1) is 28.1. The van der Waals surface area contributed by atoms with Crippen molar-refractivity contribution in [2.75, 3.05) is 47.0 Å². The number of ether oxygens (including phenoxy) is 2.